The van der Waals surface area contributed by atoms with Gasteiger partial charge in [-0.25, -0.2) is 4.98 Å². The molecule has 0 aliphatic carbocycles. The first-order valence-corrected chi connectivity index (χ1v) is 7.73. The Morgan fingerprint density at radius 3 is 2.43 bits per heavy atom. The first kappa shape index (κ1) is 21.4. The molecule has 0 aliphatic heterocycles. The molecule has 0 bridgehead atoms. The number of nitrogens with zero attached hydrogens (tertiary/aromatic N) is 5. The second-order valence-corrected chi connectivity index (χ2v) is 5.52. The van der Waals surface area contributed by atoms with E-state index in [-0.39, 0.29) is 17.4 Å². The molecule has 1 atom stereocenters. The average Bonchev–Trinajstić information content (AvgIpc) is 3.01. The summed E-state index contributed by atoms with van der Waals surface area (Å²) in [5.41, 5.74) is 0.390. The van der Waals surface area contributed by atoms with Crippen LogP contribution in [0.2, 0.25) is 0 Å². The van der Waals surface area contributed by atoms with Crippen LogP contribution in [0.3, 0.4) is 0 Å². The van der Waals surface area contributed by atoms with Gasteiger partial charge in [0.15, 0.2) is 6.10 Å². The Morgan fingerprint density at radius 1 is 1.25 bits per heavy atom. The zero-order valence-corrected chi connectivity index (χ0v) is 15.0. The second kappa shape index (κ2) is 8.00. The van der Waals surface area contributed by atoms with E-state index in [1.165, 1.54) is 31.5 Å². The number of alkyl halides is 5. The molecule has 2 rings (SSSR count). The third-order valence-electron chi connectivity index (χ3n) is 3.60. The van der Waals surface area contributed by atoms with E-state index in [1.807, 2.05) is 0 Å². The van der Waals surface area contributed by atoms with E-state index in [2.05, 4.69) is 31.6 Å². The minimum atomic E-state index is -4.54. The molecule has 0 unspecified atom stereocenters. The Labute approximate surface area is 156 Å². The van der Waals surface area contributed by atoms with Crippen LogP contribution < -0.4 is 4.74 Å². The maximum Gasteiger partial charge on any atom is 0.425 e. The van der Waals surface area contributed by atoms with Crippen molar-refractivity contribution >= 4 is 18.6 Å². The van der Waals surface area contributed by atoms with Gasteiger partial charge in [-0.3, -0.25) is 9.56 Å². The first-order valence-electron chi connectivity index (χ1n) is 7.73. The van der Waals surface area contributed by atoms with E-state index >= 15 is 0 Å². The van der Waals surface area contributed by atoms with Crippen LogP contribution in [-0.2, 0) is 10.8 Å². The highest BCUT2D eigenvalue weighted by molar-refractivity contribution is 5.76. The van der Waals surface area contributed by atoms with Crippen molar-refractivity contribution in [2.75, 3.05) is 7.11 Å². The SMILES string of the molecule is C=N/C(=C\n1c(C)nnc1C(F)(F)OC)c1ccc(O[C@H](C)C(F)(F)F)nc1. The Kier molecular flexibility index (Phi) is 6.12. The van der Waals surface area contributed by atoms with Gasteiger partial charge in [-0.1, -0.05) is 0 Å². The third kappa shape index (κ3) is 4.68. The molecule has 2 aromatic rings. The molecule has 0 radical (unpaired) electrons. The molecule has 0 aliphatic rings. The van der Waals surface area contributed by atoms with E-state index in [4.69, 9.17) is 4.74 Å². The summed E-state index contributed by atoms with van der Waals surface area (Å²) in [6.45, 7) is 5.65. The van der Waals surface area contributed by atoms with Crippen LogP contribution >= 0.6 is 0 Å². The predicted octanol–water partition coefficient (Wildman–Crippen LogP) is 3.66. The van der Waals surface area contributed by atoms with Crippen LogP contribution in [-0.4, -0.2) is 45.9 Å². The number of pyridine rings is 1. The van der Waals surface area contributed by atoms with E-state index < -0.39 is 24.2 Å². The summed E-state index contributed by atoms with van der Waals surface area (Å²) >= 11 is 0. The Bertz CT molecular complexity index is 861. The zero-order valence-electron chi connectivity index (χ0n) is 15.0. The summed E-state index contributed by atoms with van der Waals surface area (Å²) in [4.78, 5) is 7.52. The molecule has 0 saturated carbocycles. The van der Waals surface area contributed by atoms with Gasteiger partial charge in [0, 0.05) is 31.1 Å². The van der Waals surface area contributed by atoms with Gasteiger partial charge < -0.3 is 9.47 Å². The van der Waals surface area contributed by atoms with E-state index in [1.54, 1.807) is 0 Å². The second-order valence-electron chi connectivity index (χ2n) is 5.52. The molecular formula is C16H16F5N5O2. The lowest BCUT2D eigenvalue weighted by Gasteiger charge is -2.17. The quantitative estimate of drug-likeness (QED) is 0.519. The number of rotatable bonds is 7. The van der Waals surface area contributed by atoms with Crippen molar-refractivity contribution in [1.29, 1.82) is 0 Å². The Hall–Kier alpha value is -2.89. The van der Waals surface area contributed by atoms with Crippen LogP contribution in [0.4, 0.5) is 22.0 Å². The number of hydrogen-bond acceptors (Lipinski definition) is 6. The van der Waals surface area contributed by atoms with Gasteiger partial charge in [-0.2, -0.15) is 22.0 Å². The molecule has 152 valence electrons. The largest absolute Gasteiger partial charge is 0.465 e. The molecule has 12 heteroatoms. The summed E-state index contributed by atoms with van der Waals surface area (Å²) in [6.07, 6.45) is -7.93. The minimum Gasteiger partial charge on any atom is -0.465 e. The lowest BCUT2D eigenvalue weighted by atomic mass is 10.2. The Morgan fingerprint density at radius 2 is 1.93 bits per heavy atom. The van der Waals surface area contributed by atoms with E-state index in [0.29, 0.717) is 5.56 Å². The zero-order chi connectivity index (χ0) is 21.1. The highest BCUT2D eigenvalue weighted by Gasteiger charge is 2.39. The molecule has 0 amide bonds. The standard InChI is InChI=1S/C16H16F5N5O2/c1-9(15(17,18)19)28-13-6-5-11(7-23-13)12(22-3)8-26-10(2)24-25-14(26)16(20,21)27-4/h5-9H,3H2,1-2,4H3/b12-8-/t9-/m1/s1. The molecule has 28 heavy (non-hydrogen) atoms. The maximum absolute atomic E-state index is 13.8. The monoisotopic (exact) mass is 405 g/mol. The van der Waals surface area contributed by atoms with Gasteiger partial charge in [-0.05, 0) is 26.6 Å². The van der Waals surface area contributed by atoms with Gasteiger partial charge in [0.05, 0.1) is 5.70 Å². The average molecular weight is 405 g/mol. The Balaban J connectivity index is 2.34. The topological polar surface area (TPSA) is 74.4 Å². The van der Waals surface area contributed by atoms with Crippen molar-refractivity contribution in [2.24, 2.45) is 4.99 Å². The van der Waals surface area contributed by atoms with Crippen LogP contribution in [0.5, 0.6) is 5.88 Å². The normalized spacial score (nSPS) is 14.1. The molecule has 7 nitrogen and oxygen atoms in total. The van der Waals surface area contributed by atoms with E-state index in [0.717, 1.165) is 18.6 Å². The maximum atomic E-state index is 13.8. The summed E-state index contributed by atoms with van der Waals surface area (Å²) in [6, 6.07) is 2.56. The number of aliphatic imine (C=N–C) groups is 1. The molecular weight excluding hydrogens is 389 g/mol. The summed E-state index contributed by atoms with van der Waals surface area (Å²) < 4.78 is 75.1. The van der Waals surface area contributed by atoms with Crippen molar-refractivity contribution < 1.29 is 31.4 Å². The molecule has 0 N–H and O–H groups in total. The lowest BCUT2D eigenvalue weighted by molar-refractivity contribution is -0.238. The van der Waals surface area contributed by atoms with Crippen molar-refractivity contribution in [3.63, 3.8) is 0 Å². The van der Waals surface area contributed by atoms with Gasteiger partial charge >= 0.3 is 12.3 Å². The van der Waals surface area contributed by atoms with Crippen LogP contribution in [0, 0.1) is 6.92 Å². The number of aryl methyl sites for hydroxylation is 1. The predicted molar refractivity (Wildman–Crippen MR) is 89.8 cm³/mol. The first-order chi connectivity index (χ1) is 13.0. The number of halogens is 5. The molecule has 0 saturated heterocycles. The fourth-order valence-electron chi connectivity index (χ4n) is 1.99. The number of hydrogen-bond donors (Lipinski definition) is 0. The van der Waals surface area contributed by atoms with Crippen molar-refractivity contribution in [3.05, 3.63) is 35.5 Å². The molecule has 0 aromatic carbocycles. The van der Waals surface area contributed by atoms with Crippen molar-refractivity contribution in [2.45, 2.75) is 32.2 Å². The highest BCUT2D eigenvalue weighted by atomic mass is 19.4. The lowest BCUT2D eigenvalue weighted by Crippen LogP contribution is -2.31. The molecule has 0 fully saturated rings. The van der Waals surface area contributed by atoms with Crippen LogP contribution in [0.15, 0.2) is 23.3 Å². The van der Waals surface area contributed by atoms with Crippen molar-refractivity contribution in [3.8, 4) is 5.88 Å². The fourth-order valence-corrected chi connectivity index (χ4v) is 1.99. The number of ether oxygens (including phenoxy) is 2. The third-order valence-corrected chi connectivity index (χ3v) is 3.60. The van der Waals surface area contributed by atoms with Gasteiger partial charge in [0.25, 0.3) is 0 Å². The van der Waals surface area contributed by atoms with Gasteiger partial charge in [0.1, 0.15) is 5.82 Å². The van der Waals surface area contributed by atoms with Gasteiger partial charge in [0.2, 0.25) is 11.7 Å². The van der Waals surface area contributed by atoms with Crippen LogP contribution in [0.1, 0.15) is 24.1 Å². The highest BCUT2D eigenvalue weighted by Crippen LogP contribution is 2.29. The number of methoxy groups -OCH3 is 1. The van der Waals surface area contributed by atoms with Crippen LogP contribution in [0.25, 0.3) is 11.9 Å². The molecule has 2 aromatic heterocycles. The van der Waals surface area contributed by atoms with E-state index in [9.17, 15) is 22.0 Å². The summed E-state index contributed by atoms with van der Waals surface area (Å²) in [7, 11) is 0.815. The summed E-state index contributed by atoms with van der Waals surface area (Å²) in [5, 5.41) is 6.98. The smallest absolute Gasteiger partial charge is 0.425 e. The van der Waals surface area contributed by atoms with Crippen molar-refractivity contribution in [1.82, 2.24) is 19.7 Å². The number of aromatic nitrogens is 4. The molecule has 2 heterocycles. The fraction of sp³-hybridized carbons (Fsp3) is 0.375. The summed E-state index contributed by atoms with van der Waals surface area (Å²) in [5.74, 6) is -0.913. The molecule has 0 spiro atoms. The van der Waals surface area contributed by atoms with Gasteiger partial charge in [-0.15, -0.1) is 10.2 Å². The minimum absolute atomic E-state index is 0.0963.